The van der Waals surface area contributed by atoms with E-state index in [1.165, 1.54) is 31.4 Å². The Morgan fingerprint density at radius 1 is 1.10 bits per heavy atom. The predicted molar refractivity (Wildman–Crippen MR) is 106 cm³/mol. The highest BCUT2D eigenvalue weighted by Gasteiger charge is 2.30. The monoisotopic (exact) mass is 402 g/mol. The normalized spacial score (nSPS) is 30.3. The molecular weight excluding hydrogens is 376 g/mol. The van der Waals surface area contributed by atoms with E-state index in [0.29, 0.717) is 17.7 Å². The summed E-state index contributed by atoms with van der Waals surface area (Å²) in [5.74, 6) is -1.32. The number of carbonyl (C=O) groups is 2. The number of hydrogen-bond donors (Lipinski definition) is 3. The Hall–Kier alpha value is -2.64. The Bertz CT molecular complexity index is 827. The SMILES string of the molecule is COc1cc(O)c2c(c1)/C=C/CC(O)C(O)C(=O)/C=C\C1CCCCC1OC2=O. The van der Waals surface area contributed by atoms with Gasteiger partial charge in [0, 0.05) is 12.0 Å². The van der Waals surface area contributed by atoms with E-state index in [1.807, 2.05) is 0 Å². The first-order chi connectivity index (χ1) is 13.9. The van der Waals surface area contributed by atoms with Gasteiger partial charge in [-0.2, -0.15) is 0 Å². The third-order valence-electron chi connectivity index (χ3n) is 5.41. The minimum absolute atomic E-state index is 0.0125. The number of ketones is 1. The van der Waals surface area contributed by atoms with E-state index in [1.54, 1.807) is 12.1 Å². The number of aromatic hydroxyl groups is 1. The summed E-state index contributed by atoms with van der Waals surface area (Å²) in [4.78, 5) is 25.1. The van der Waals surface area contributed by atoms with Crippen LogP contribution in [0.25, 0.3) is 6.08 Å². The molecule has 4 unspecified atom stereocenters. The zero-order valence-corrected chi connectivity index (χ0v) is 16.3. The van der Waals surface area contributed by atoms with Gasteiger partial charge in [-0.05, 0) is 43.4 Å². The minimum atomic E-state index is -1.54. The maximum atomic E-state index is 12.9. The molecule has 1 aromatic carbocycles. The predicted octanol–water partition coefficient (Wildman–Crippen LogP) is 2.38. The number of ether oxygens (including phenoxy) is 2. The number of rotatable bonds is 1. The van der Waals surface area contributed by atoms with Gasteiger partial charge in [0.05, 0.1) is 13.2 Å². The van der Waals surface area contributed by atoms with E-state index < -0.39 is 30.1 Å². The van der Waals surface area contributed by atoms with Crippen LogP contribution in [0.1, 0.15) is 48.0 Å². The molecule has 7 nitrogen and oxygen atoms in total. The number of carbonyl (C=O) groups excluding carboxylic acids is 2. The van der Waals surface area contributed by atoms with Crippen LogP contribution in [0.4, 0.5) is 0 Å². The van der Waals surface area contributed by atoms with Crippen molar-refractivity contribution in [2.24, 2.45) is 5.92 Å². The number of methoxy groups -OCH3 is 1. The molecule has 1 saturated carbocycles. The number of aliphatic hydroxyl groups excluding tert-OH is 2. The van der Waals surface area contributed by atoms with Gasteiger partial charge in [-0.3, -0.25) is 4.79 Å². The van der Waals surface area contributed by atoms with E-state index in [9.17, 15) is 24.9 Å². The Balaban J connectivity index is 2.03. The Kier molecular flexibility index (Phi) is 6.71. The zero-order chi connectivity index (χ0) is 21.0. The van der Waals surface area contributed by atoms with Crippen molar-refractivity contribution in [1.82, 2.24) is 0 Å². The molecule has 1 aliphatic heterocycles. The van der Waals surface area contributed by atoms with Crippen molar-refractivity contribution in [3.8, 4) is 11.5 Å². The fourth-order valence-electron chi connectivity index (χ4n) is 3.75. The maximum absolute atomic E-state index is 12.9. The van der Waals surface area contributed by atoms with E-state index in [4.69, 9.17) is 9.47 Å². The highest BCUT2D eigenvalue weighted by atomic mass is 16.5. The highest BCUT2D eigenvalue weighted by Crippen LogP contribution is 2.33. The average Bonchev–Trinajstić information content (AvgIpc) is 2.71. The molecule has 0 radical (unpaired) electrons. The highest BCUT2D eigenvalue weighted by molar-refractivity contribution is 5.97. The van der Waals surface area contributed by atoms with E-state index in [-0.39, 0.29) is 23.7 Å². The quantitative estimate of drug-likeness (QED) is 0.618. The molecule has 156 valence electrons. The topological polar surface area (TPSA) is 113 Å². The molecule has 0 saturated heterocycles. The number of phenolic OH excluding ortho intramolecular Hbond substituents is 1. The number of hydrogen-bond acceptors (Lipinski definition) is 7. The van der Waals surface area contributed by atoms with Crippen LogP contribution in [0.2, 0.25) is 0 Å². The second-order valence-electron chi connectivity index (χ2n) is 7.41. The summed E-state index contributed by atoms with van der Waals surface area (Å²) in [6.07, 6.45) is 5.87. The van der Waals surface area contributed by atoms with Gasteiger partial charge in [-0.1, -0.05) is 24.6 Å². The van der Waals surface area contributed by atoms with Crippen LogP contribution in [0, 0.1) is 5.92 Å². The van der Waals surface area contributed by atoms with Gasteiger partial charge in [0.15, 0.2) is 5.78 Å². The summed E-state index contributed by atoms with van der Waals surface area (Å²) in [5, 5.41) is 30.6. The summed E-state index contributed by atoms with van der Waals surface area (Å²) < 4.78 is 10.9. The molecule has 29 heavy (non-hydrogen) atoms. The molecule has 0 bridgehead atoms. The van der Waals surface area contributed by atoms with Crippen LogP contribution in [0.5, 0.6) is 11.5 Å². The van der Waals surface area contributed by atoms with Gasteiger partial charge in [0.25, 0.3) is 0 Å². The van der Waals surface area contributed by atoms with Crippen LogP contribution >= 0.6 is 0 Å². The third kappa shape index (κ3) is 4.86. The maximum Gasteiger partial charge on any atom is 0.342 e. The molecule has 3 rings (SSSR count). The lowest BCUT2D eigenvalue weighted by Gasteiger charge is -2.29. The molecule has 7 heteroatoms. The molecule has 1 aliphatic carbocycles. The fraction of sp³-hybridized carbons (Fsp3) is 0.455. The molecule has 1 aromatic rings. The van der Waals surface area contributed by atoms with E-state index in [0.717, 1.165) is 19.3 Å². The molecule has 2 aliphatic rings. The van der Waals surface area contributed by atoms with Crippen molar-refractivity contribution in [3.05, 3.63) is 41.5 Å². The first kappa shape index (κ1) is 21.1. The molecule has 0 amide bonds. The second-order valence-corrected chi connectivity index (χ2v) is 7.41. The summed E-state index contributed by atoms with van der Waals surface area (Å²) in [7, 11) is 1.44. The summed E-state index contributed by atoms with van der Waals surface area (Å²) in [5.41, 5.74) is 0.373. The van der Waals surface area contributed by atoms with Crippen LogP contribution in [-0.2, 0) is 9.53 Å². The van der Waals surface area contributed by atoms with Gasteiger partial charge >= 0.3 is 5.97 Å². The molecular formula is C22H26O7. The minimum Gasteiger partial charge on any atom is -0.507 e. The molecule has 3 N–H and O–H groups in total. The number of aliphatic hydroxyl groups is 2. The first-order valence-electron chi connectivity index (χ1n) is 9.77. The van der Waals surface area contributed by atoms with Gasteiger partial charge < -0.3 is 24.8 Å². The van der Waals surface area contributed by atoms with E-state index in [2.05, 4.69) is 0 Å². The fourth-order valence-corrected chi connectivity index (χ4v) is 3.75. The molecule has 4 atom stereocenters. The summed E-state index contributed by atoms with van der Waals surface area (Å²) >= 11 is 0. The smallest absolute Gasteiger partial charge is 0.342 e. The lowest BCUT2D eigenvalue weighted by atomic mass is 9.85. The number of fused-ring (bicyclic) bond motifs is 2. The number of esters is 1. The largest absolute Gasteiger partial charge is 0.507 e. The van der Waals surface area contributed by atoms with Crippen molar-refractivity contribution in [3.63, 3.8) is 0 Å². The molecule has 1 heterocycles. The lowest BCUT2D eigenvalue weighted by molar-refractivity contribution is -0.127. The Labute approximate surface area is 169 Å². The van der Waals surface area contributed by atoms with Crippen LogP contribution in [-0.4, -0.2) is 52.5 Å². The zero-order valence-electron chi connectivity index (χ0n) is 16.3. The van der Waals surface area contributed by atoms with Crippen molar-refractivity contribution in [2.75, 3.05) is 7.11 Å². The van der Waals surface area contributed by atoms with E-state index >= 15 is 0 Å². The summed E-state index contributed by atoms with van der Waals surface area (Å²) in [6, 6.07) is 2.91. The Morgan fingerprint density at radius 2 is 1.86 bits per heavy atom. The van der Waals surface area contributed by atoms with Gasteiger partial charge in [0.2, 0.25) is 0 Å². The van der Waals surface area contributed by atoms with Crippen LogP contribution in [0.3, 0.4) is 0 Å². The van der Waals surface area contributed by atoms with Crippen molar-refractivity contribution >= 4 is 17.8 Å². The van der Waals surface area contributed by atoms with Crippen molar-refractivity contribution < 1.29 is 34.4 Å². The number of benzene rings is 1. The van der Waals surface area contributed by atoms with Gasteiger partial charge in [-0.15, -0.1) is 0 Å². The van der Waals surface area contributed by atoms with Gasteiger partial charge in [-0.25, -0.2) is 4.79 Å². The van der Waals surface area contributed by atoms with Crippen molar-refractivity contribution in [2.45, 2.75) is 50.4 Å². The second kappa shape index (κ2) is 9.24. The molecule has 0 aromatic heterocycles. The van der Waals surface area contributed by atoms with Crippen LogP contribution < -0.4 is 4.74 Å². The van der Waals surface area contributed by atoms with Gasteiger partial charge in [0.1, 0.15) is 29.3 Å². The summed E-state index contributed by atoms with van der Waals surface area (Å²) in [6.45, 7) is 0. The van der Waals surface area contributed by atoms with Crippen molar-refractivity contribution in [1.29, 1.82) is 0 Å². The molecule has 1 fully saturated rings. The third-order valence-corrected chi connectivity index (χ3v) is 5.41. The molecule has 0 spiro atoms. The first-order valence-corrected chi connectivity index (χ1v) is 9.77. The van der Waals surface area contributed by atoms with Crippen LogP contribution in [0.15, 0.2) is 30.4 Å². The number of phenols is 1. The Morgan fingerprint density at radius 3 is 2.62 bits per heavy atom. The average molecular weight is 402 g/mol. The lowest BCUT2D eigenvalue weighted by Crippen LogP contribution is -2.33. The standard InChI is InChI=1S/C22H26O7/c1-28-15-11-14-6-4-7-16(23)21(26)17(24)10-9-13-5-2-3-8-19(13)29-22(27)20(14)18(25)12-15/h4,6,9-13,16,19,21,23,25-26H,2-3,5,7-8H2,1H3/b6-4+,10-9-.